The van der Waals surface area contributed by atoms with Crippen LogP contribution in [0.15, 0.2) is 32.1 Å². The molecule has 0 aliphatic carbocycles. The summed E-state index contributed by atoms with van der Waals surface area (Å²) in [5.74, 6) is 0.332. The fraction of sp³-hybridized carbons (Fsp3) is 0.545. The zero-order valence-electron chi connectivity index (χ0n) is 19.0. The van der Waals surface area contributed by atoms with Crippen LogP contribution >= 0.6 is 0 Å². The highest BCUT2D eigenvalue weighted by atomic mass is 32.2. The first kappa shape index (κ1) is 23.7. The highest BCUT2D eigenvalue weighted by Gasteiger charge is 2.42. The van der Waals surface area contributed by atoms with Crippen molar-refractivity contribution in [3.8, 4) is 0 Å². The Kier molecular flexibility index (Phi) is 6.27. The van der Waals surface area contributed by atoms with Crippen LogP contribution in [0, 0.1) is 12.7 Å². The maximum Gasteiger partial charge on any atom is 0.213 e. The number of nitrogens with one attached hydrogen (secondary N) is 1. The second-order valence-corrected chi connectivity index (χ2v) is 10.9. The van der Waals surface area contributed by atoms with Crippen molar-refractivity contribution in [3.05, 3.63) is 46.5 Å². The van der Waals surface area contributed by atoms with Crippen LogP contribution in [0.3, 0.4) is 0 Å². The zero-order valence-corrected chi connectivity index (χ0v) is 19.8. The number of ether oxygens (including phenoxy) is 1. The molecule has 1 saturated heterocycles. The van der Waals surface area contributed by atoms with E-state index in [9.17, 15) is 13.7 Å². The van der Waals surface area contributed by atoms with Crippen molar-refractivity contribution in [2.24, 2.45) is 9.50 Å². The normalized spacial score (nSPS) is 20.8. The Hall–Kier alpha value is -1.94. The zero-order chi connectivity index (χ0) is 23.3. The Balaban J connectivity index is 1.87. The molecule has 1 fully saturated rings. The maximum absolute atomic E-state index is 14.1. The smallest absolute Gasteiger partial charge is 0.213 e. The van der Waals surface area contributed by atoms with E-state index in [4.69, 9.17) is 14.3 Å². The first-order valence-electron chi connectivity index (χ1n) is 10.3. The van der Waals surface area contributed by atoms with Crippen molar-refractivity contribution < 1.29 is 22.9 Å². The number of aliphatic hydroxyl groups is 1. The molecule has 0 spiro atoms. The molecule has 1 aliphatic rings. The van der Waals surface area contributed by atoms with Crippen molar-refractivity contribution in [3.63, 3.8) is 0 Å². The Morgan fingerprint density at radius 2 is 1.74 bits per heavy atom. The van der Waals surface area contributed by atoms with Gasteiger partial charge in [0.15, 0.2) is 16.1 Å². The quantitative estimate of drug-likeness (QED) is 0.526. The van der Waals surface area contributed by atoms with E-state index in [2.05, 4.69) is 9.68 Å². The number of furan rings is 1. The number of anilines is 1. The number of aryl methyl sites for hydroxylation is 1. The highest BCUT2D eigenvalue weighted by molar-refractivity contribution is 7.91. The average molecular weight is 454 g/mol. The molecule has 0 saturated carbocycles. The lowest BCUT2D eigenvalue weighted by atomic mass is 9.92. The van der Waals surface area contributed by atoms with E-state index in [-0.39, 0.29) is 22.7 Å². The van der Waals surface area contributed by atoms with Gasteiger partial charge in [-0.2, -0.15) is 4.36 Å². The standard InChI is InChI=1S/C22H32FN3O4S/c1-11(2)15-8-14(23)9-16(12(3)4)19(15)25-20-21(30-20)26-31(24,28)18-10-17(13(5)29-18)22(6,7)27/h8-12,20-21,25,27H,1-7H3,(H2,24,26,28). The van der Waals surface area contributed by atoms with Gasteiger partial charge in [-0.1, -0.05) is 27.7 Å². The summed E-state index contributed by atoms with van der Waals surface area (Å²) >= 11 is 0. The van der Waals surface area contributed by atoms with E-state index in [1.807, 2.05) is 27.7 Å². The highest BCUT2D eigenvalue weighted by Crippen LogP contribution is 2.37. The van der Waals surface area contributed by atoms with Crippen molar-refractivity contribution in [2.75, 3.05) is 5.32 Å². The molecule has 2 aromatic rings. The fourth-order valence-electron chi connectivity index (χ4n) is 3.57. The molecule has 1 aromatic heterocycles. The third kappa shape index (κ3) is 5.11. The van der Waals surface area contributed by atoms with E-state index in [1.54, 1.807) is 20.8 Å². The summed E-state index contributed by atoms with van der Waals surface area (Å²) in [4.78, 5) is 0. The molecule has 172 valence electrons. The van der Waals surface area contributed by atoms with E-state index < -0.39 is 28.0 Å². The van der Waals surface area contributed by atoms with Gasteiger partial charge in [0.1, 0.15) is 11.6 Å². The molecule has 3 unspecified atom stereocenters. The van der Waals surface area contributed by atoms with Crippen LogP contribution in [0.4, 0.5) is 10.1 Å². The van der Waals surface area contributed by atoms with E-state index in [0.717, 1.165) is 16.8 Å². The number of rotatable bonds is 7. The van der Waals surface area contributed by atoms with Crippen LogP contribution in [0.5, 0.6) is 0 Å². The molecule has 3 rings (SSSR count). The largest absolute Gasteiger partial charge is 0.450 e. The molecule has 1 aromatic carbocycles. The van der Waals surface area contributed by atoms with Gasteiger partial charge in [-0.15, -0.1) is 0 Å². The summed E-state index contributed by atoms with van der Waals surface area (Å²) in [5, 5.41) is 19.5. The average Bonchev–Trinajstić information content (AvgIpc) is 3.18. The van der Waals surface area contributed by atoms with Gasteiger partial charge in [-0.3, -0.25) is 0 Å². The lowest BCUT2D eigenvalue weighted by molar-refractivity contribution is 0.0769. The summed E-state index contributed by atoms with van der Waals surface area (Å²) < 4.78 is 42.4. The van der Waals surface area contributed by atoms with Gasteiger partial charge < -0.3 is 19.6 Å². The Bertz CT molecular complexity index is 1070. The summed E-state index contributed by atoms with van der Waals surface area (Å²) in [6, 6.07) is 4.51. The summed E-state index contributed by atoms with van der Waals surface area (Å²) in [6.07, 6.45) is -1.27. The van der Waals surface area contributed by atoms with E-state index >= 15 is 0 Å². The second-order valence-electron chi connectivity index (χ2n) is 9.13. The molecule has 3 atom stereocenters. The molecule has 0 radical (unpaired) electrons. The molecule has 7 nitrogen and oxygen atoms in total. The fourth-order valence-corrected chi connectivity index (χ4v) is 4.68. The van der Waals surface area contributed by atoms with Crippen LogP contribution in [-0.2, 0) is 20.3 Å². The lowest BCUT2D eigenvalue weighted by Gasteiger charge is -2.20. The van der Waals surface area contributed by atoms with Gasteiger partial charge in [0.05, 0.1) is 5.60 Å². The van der Waals surface area contributed by atoms with E-state index in [0.29, 0.717) is 11.3 Å². The minimum Gasteiger partial charge on any atom is -0.450 e. The molecule has 31 heavy (non-hydrogen) atoms. The first-order valence-corrected chi connectivity index (χ1v) is 11.9. The van der Waals surface area contributed by atoms with Gasteiger partial charge in [0, 0.05) is 17.3 Å². The minimum atomic E-state index is -3.37. The van der Waals surface area contributed by atoms with E-state index in [1.165, 1.54) is 18.2 Å². The predicted molar refractivity (Wildman–Crippen MR) is 119 cm³/mol. The van der Waals surface area contributed by atoms with Crippen LogP contribution in [0.2, 0.25) is 0 Å². The van der Waals surface area contributed by atoms with Crippen LogP contribution in [0.1, 0.15) is 75.8 Å². The lowest BCUT2D eigenvalue weighted by Crippen LogP contribution is -2.17. The SMILES string of the molecule is Cc1oc(S(N)(=O)=NC2OC2Nc2c(C(C)C)cc(F)cc2C(C)C)cc1C(C)(C)O. The number of nitrogens with zero attached hydrogens (tertiary/aromatic N) is 1. The van der Waals surface area contributed by atoms with Crippen molar-refractivity contribution in [1.29, 1.82) is 0 Å². The number of nitrogens with two attached hydrogens (primary N) is 1. The van der Waals surface area contributed by atoms with Gasteiger partial charge in [0.25, 0.3) is 0 Å². The van der Waals surface area contributed by atoms with Gasteiger partial charge >= 0.3 is 0 Å². The van der Waals surface area contributed by atoms with Crippen molar-refractivity contribution in [1.82, 2.24) is 0 Å². The Labute approximate surface area is 183 Å². The molecule has 4 N–H and O–H groups in total. The number of hydrogen-bond donors (Lipinski definition) is 3. The van der Waals surface area contributed by atoms with Gasteiger partial charge in [0.2, 0.25) is 11.3 Å². The monoisotopic (exact) mass is 453 g/mol. The summed E-state index contributed by atoms with van der Waals surface area (Å²) in [6.45, 7) is 12.8. The van der Waals surface area contributed by atoms with Crippen LogP contribution < -0.4 is 10.5 Å². The van der Waals surface area contributed by atoms with Crippen molar-refractivity contribution >= 4 is 15.6 Å². The number of hydrogen-bond acceptors (Lipinski definition) is 6. The number of benzene rings is 1. The third-order valence-corrected chi connectivity index (χ3v) is 6.56. The predicted octanol–water partition coefficient (Wildman–Crippen LogP) is 4.70. The third-order valence-electron chi connectivity index (χ3n) is 5.27. The summed E-state index contributed by atoms with van der Waals surface area (Å²) in [5.41, 5.74) is 1.81. The molecule has 1 aliphatic heterocycles. The minimum absolute atomic E-state index is 0.0103. The molecular weight excluding hydrogens is 421 g/mol. The van der Waals surface area contributed by atoms with Crippen LogP contribution in [-0.4, -0.2) is 21.8 Å². The van der Waals surface area contributed by atoms with Gasteiger partial charge in [-0.25, -0.2) is 13.7 Å². The molecule has 0 bridgehead atoms. The van der Waals surface area contributed by atoms with Gasteiger partial charge in [-0.05, 0) is 55.9 Å². The second kappa shape index (κ2) is 8.20. The number of epoxide rings is 1. The maximum atomic E-state index is 14.1. The van der Waals surface area contributed by atoms with Crippen molar-refractivity contribution in [2.45, 2.75) is 83.5 Å². The molecule has 9 heteroatoms. The number of halogens is 1. The van der Waals surface area contributed by atoms with Crippen LogP contribution in [0.25, 0.3) is 0 Å². The first-order chi connectivity index (χ1) is 14.2. The molecule has 0 amide bonds. The summed E-state index contributed by atoms with van der Waals surface area (Å²) in [7, 11) is -3.37. The molecule has 2 heterocycles. The Morgan fingerprint density at radius 1 is 1.19 bits per heavy atom. The molecular formula is C22H32FN3O4S. The topological polar surface area (TPSA) is 113 Å². The Morgan fingerprint density at radius 3 is 2.19 bits per heavy atom.